The van der Waals surface area contributed by atoms with Gasteiger partial charge in [0.05, 0.1) is 12.2 Å². The van der Waals surface area contributed by atoms with E-state index >= 15 is 0 Å². The number of nitrogens with zero attached hydrogens (tertiary/aromatic N) is 2. The van der Waals surface area contributed by atoms with Gasteiger partial charge in [-0.2, -0.15) is 5.10 Å². The Morgan fingerprint density at radius 1 is 1.33 bits per heavy atom. The summed E-state index contributed by atoms with van der Waals surface area (Å²) in [5.74, 6) is 0. The quantitative estimate of drug-likeness (QED) is 0.900. The SMILES string of the molecule is Cn1cc([C@H]2OCCC[C@@H]2NS(=O)(=O)/C=C/c2ccccc2)cn1. The van der Waals surface area contributed by atoms with Crippen LogP contribution >= 0.6 is 0 Å². The first-order valence-corrected chi connectivity index (χ1v) is 9.44. The average molecular weight is 347 g/mol. The van der Waals surface area contributed by atoms with E-state index in [4.69, 9.17) is 4.74 Å². The number of hydrogen-bond acceptors (Lipinski definition) is 4. The van der Waals surface area contributed by atoms with Crippen LogP contribution in [-0.4, -0.2) is 30.8 Å². The summed E-state index contributed by atoms with van der Waals surface area (Å²) in [7, 11) is -1.72. The van der Waals surface area contributed by atoms with Crippen LogP contribution in [0.15, 0.2) is 48.1 Å². The highest BCUT2D eigenvalue weighted by Crippen LogP contribution is 2.28. The van der Waals surface area contributed by atoms with Crippen molar-refractivity contribution in [3.8, 4) is 0 Å². The zero-order valence-electron chi connectivity index (χ0n) is 13.5. The van der Waals surface area contributed by atoms with Gasteiger partial charge < -0.3 is 4.74 Å². The van der Waals surface area contributed by atoms with Crippen molar-refractivity contribution in [1.29, 1.82) is 0 Å². The van der Waals surface area contributed by atoms with Gasteiger partial charge in [0.1, 0.15) is 6.10 Å². The third-order valence-corrected chi connectivity index (χ3v) is 5.06. The molecule has 0 aliphatic carbocycles. The lowest BCUT2D eigenvalue weighted by atomic mass is 9.99. The first-order chi connectivity index (χ1) is 11.5. The highest BCUT2D eigenvalue weighted by molar-refractivity contribution is 7.92. The largest absolute Gasteiger partial charge is 0.372 e. The maximum Gasteiger partial charge on any atom is 0.234 e. The summed E-state index contributed by atoms with van der Waals surface area (Å²) in [6.07, 6.45) is 6.41. The first kappa shape index (κ1) is 16.9. The lowest BCUT2D eigenvalue weighted by Crippen LogP contribution is -2.41. The van der Waals surface area contributed by atoms with Crippen LogP contribution in [0.25, 0.3) is 6.08 Å². The van der Waals surface area contributed by atoms with Crippen molar-refractivity contribution in [1.82, 2.24) is 14.5 Å². The second kappa shape index (κ2) is 7.29. The molecule has 2 atom stereocenters. The monoisotopic (exact) mass is 347 g/mol. The van der Waals surface area contributed by atoms with Gasteiger partial charge in [-0.1, -0.05) is 30.3 Å². The van der Waals surface area contributed by atoms with Crippen LogP contribution in [0.1, 0.15) is 30.1 Å². The number of ether oxygens (including phenoxy) is 1. The van der Waals surface area contributed by atoms with E-state index in [9.17, 15) is 8.42 Å². The molecule has 0 amide bonds. The predicted molar refractivity (Wildman–Crippen MR) is 92.5 cm³/mol. The molecule has 128 valence electrons. The van der Waals surface area contributed by atoms with Gasteiger partial charge in [-0.3, -0.25) is 4.68 Å². The summed E-state index contributed by atoms with van der Waals surface area (Å²) in [4.78, 5) is 0. The second-order valence-electron chi connectivity index (χ2n) is 5.86. The minimum Gasteiger partial charge on any atom is -0.372 e. The molecule has 0 unspecified atom stereocenters. The number of benzene rings is 1. The zero-order valence-corrected chi connectivity index (χ0v) is 14.3. The van der Waals surface area contributed by atoms with E-state index in [-0.39, 0.29) is 12.1 Å². The molecular formula is C17H21N3O3S. The van der Waals surface area contributed by atoms with Crippen LogP contribution in [-0.2, 0) is 21.8 Å². The molecule has 0 saturated carbocycles. The van der Waals surface area contributed by atoms with Crippen molar-refractivity contribution in [3.05, 3.63) is 59.3 Å². The number of aromatic nitrogens is 2. The van der Waals surface area contributed by atoms with Crippen molar-refractivity contribution < 1.29 is 13.2 Å². The summed E-state index contributed by atoms with van der Waals surface area (Å²) in [5, 5.41) is 5.35. The van der Waals surface area contributed by atoms with Crippen molar-refractivity contribution in [2.75, 3.05) is 6.61 Å². The normalized spacial score (nSPS) is 22.0. The van der Waals surface area contributed by atoms with Crippen LogP contribution in [0.2, 0.25) is 0 Å². The van der Waals surface area contributed by atoms with Crippen molar-refractivity contribution in [3.63, 3.8) is 0 Å². The first-order valence-electron chi connectivity index (χ1n) is 7.89. The predicted octanol–water partition coefficient (Wildman–Crippen LogP) is 2.23. The van der Waals surface area contributed by atoms with E-state index in [2.05, 4.69) is 9.82 Å². The molecule has 1 saturated heterocycles. The molecule has 1 aliphatic heterocycles. The summed E-state index contributed by atoms with van der Waals surface area (Å²) in [5.41, 5.74) is 1.73. The Morgan fingerprint density at radius 3 is 2.83 bits per heavy atom. The minimum absolute atomic E-state index is 0.298. The Balaban J connectivity index is 1.73. The molecule has 1 fully saturated rings. The third-order valence-electron chi connectivity index (χ3n) is 3.93. The average Bonchev–Trinajstić information content (AvgIpc) is 3.00. The van der Waals surface area contributed by atoms with E-state index in [1.807, 2.05) is 43.6 Å². The van der Waals surface area contributed by atoms with Gasteiger partial charge in [0.15, 0.2) is 0 Å². The van der Waals surface area contributed by atoms with Crippen LogP contribution in [0.4, 0.5) is 0 Å². The Bertz CT molecular complexity index is 799. The standard InChI is InChI=1S/C17H21N3O3S/c1-20-13-15(12-18-20)17-16(8-5-10-23-17)19-24(21,22)11-9-14-6-3-2-4-7-14/h2-4,6-7,9,11-13,16-17,19H,5,8,10H2,1H3/b11-9+/t16-,17+/m0/s1. The molecule has 7 heteroatoms. The zero-order chi connectivity index (χ0) is 17.0. The Kier molecular flexibility index (Phi) is 5.13. The maximum atomic E-state index is 12.4. The lowest BCUT2D eigenvalue weighted by molar-refractivity contribution is -0.00437. The van der Waals surface area contributed by atoms with E-state index < -0.39 is 10.0 Å². The second-order valence-corrected chi connectivity index (χ2v) is 7.46. The van der Waals surface area contributed by atoms with E-state index in [0.717, 1.165) is 24.0 Å². The smallest absolute Gasteiger partial charge is 0.234 e. The fourth-order valence-electron chi connectivity index (χ4n) is 2.80. The fraction of sp³-hybridized carbons (Fsp3) is 0.353. The number of rotatable bonds is 5. The molecule has 1 aromatic heterocycles. The van der Waals surface area contributed by atoms with Crippen molar-refractivity contribution in [2.45, 2.75) is 25.0 Å². The molecule has 24 heavy (non-hydrogen) atoms. The van der Waals surface area contributed by atoms with Crippen molar-refractivity contribution >= 4 is 16.1 Å². The van der Waals surface area contributed by atoms with Gasteiger partial charge in [-0.25, -0.2) is 13.1 Å². The van der Waals surface area contributed by atoms with Gasteiger partial charge in [-0.05, 0) is 24.5 Å². The molecule has 1 aliphatic rings. The van der Waals surface area contributed by atoms with Gasteiger partial charge >= 0.3 is 0 Å². The molecule has 0 spiro atoms. The number of nitrogens with one attached hydrogen (secondary N) is 1. The number of aryl methyl sites for hydroxylation is 1. The van der Waals surface area contributed by atoms with E-state index in [0.29, 0.717) is 6.61 Å². The van der Waals surface area contributed by atoms with E-state index in [1.165, 1.54) is 5.41 Å². The third kappa shape index (κ3) is 4.31. The van der Waals surface area contributed by atoms with Gasteiger partial charge in [0.2, 0.25) is 10.0 Å². The van der Waals surface area contributed by atoms with Gasteiger partial charge in [0, 0.05) is 30.8 Å². The topological polar surface area (TPSA) is 73.2 Å². The van der Waals surface area contributed by atoms with Gasteiger partial charge in [-0.15, -0.1) is 0 Å². The van der Waals surface area contributed by atoms with Crippen molar-refractivity contribution in [2.24, 2.45) is 7.05 Å². The molecule has 0 radical (unpaired) electrons. The molecule has 2 aromatic rings. The molecule has 6 nitrogen and oxygen atoms in total. The van der Waals surface area contributed by atoms with Crippen LogP contribution in [0.5, 0.6) is 0 Å². The number of hydrogen-bond donors (Lipinski definition) is 1. The summed E-state index contributed by atoms with van der Waals surface area (Å²) >= 11 is 0. The van der Waals surface area contributed by atoms with Crippen LogP contribution < -0.4 is 4.72 Å². The summed E-state index contributed by atoms with van der Waals surface area (Å²) in [6.45, 7) is 0.623. The van der Waals surface area contributed by atoms with Gasteiger partial charge in [0.25, 0.3) is 0 Å². The Hall–Kier alpha value is -1.96. The summed E-state index contributed by atoms with van der Waals surface area (Å²) in [6, 6.07) is 9.04. The van der Waals surface area contributed by atoms with Crippen LogP contribution in [0.3, 0.4) is 0 Å². The Morgan fingerprint density at radius 2 is 2.12 bits per heavy atom. The lowest BCUT2D eigenvalue weighted by Gasteiger charge is -2.31. The molecule has 2 heterocycles. The molecule has 1 N–H and O–H groups in total. The maximum absolute atomic E-state index is 12.4. The van der Waals surface area contributed by atoms with E-state index in [1.54, 1.807) is 17.0 Å². The molecule has 0 bridgehead atoms. The molecular weight excluding hydrogens is 326 g/mol. The highest BCUT2D eigenvalue weighted by atomic mass is 32.2. The summed E-state index contributed by atoms with van der Waals surface area (Å²) < 4.78 is 35.0. The highest BCUT2D eigenvalue weighted by Gasteiger charge is 2.31. The van der Waals surface area contributed by atoms with Crippen LogP contribution in [0, 0.1) is 0 Å². The Labute approximate surface area is 142 Å². The molecule has 3 rings (SSSR count). The fourth-order valence-corrected chi connectivity index (χ4v) is 3.88. The number of sulfonamides is 1. The molecule has 1 aromatic carbocycles. The minimum atomic E-state index is -3.55.